The summed E-state index contributed by atoms with van der Waals surface area (Å²) in [5.74, 6) is 0.578. The van der Waals surface area contributed by atoms with Gasteiger partial charge in [-0.05, 0) is 6.07 Å². The summed E-state index contributed by atoms with van der Waals surface area (Å²) in [6.07, 6.45) is 0. The Balaban J connectivity index is 2.58. The van der Waals surface area contributed by atoms with E-state index in [-0.39, 0.29) is 11.4 Å². The zero-order valence-corrected chi connectivity index (χ0v) is 7.99. The maximum absolute atomic E-state index is 10.7. The average Bonchev–Trinajstić information content (AvgIpc) is 2.16. The molecule has 74 valence electrons. The summed E-state index contributed by atoms with van der Waals surface area (Å²) in [5.41, 5.74) is -0.104. The molecule has 2 rings (SSSR count). The Bertz CT molecular complexity index is 393. The molecule has 0 saturated carbocycles. The van der Waals surface area contributed by atoms with E-state index in [1.165, 1.54) is 6.07 Å². The van der Waals surface area contributed by atoms with E-state index in [2.05, 4.69) is 12.6 Å². The first-order valence-electron chi connectivity index (χ1n) is 3.95. The fourth-order valence-electron chi connectivity index (χ4n) is 1.26. The highest BCUT2D eigenvalue weighted by atomic mass is 32.1. The van der Waals surface area contributed by atoms with Gasteiger partial charge in [-0.2, -0.15) is 0 Å². The van der Waals surface area contributed by atoms with Crippen molar-refractivity contribution < 1.29 is 14.4 Å². The third-order valence-corrected chi connectivity index (χ3v) is 2.06. The monoisotopic (exact) mass is 213 g/mol. The first kappa shape index (κ1) is 9.14. The lowest BCUT2D eigenvalue weighted by Gasteiger charge is -2.18. The standard InChI is InChI=1S/C8H7NO4S/c10-9(11)6-3-5(14)4-7-8(6)13-2-1-12-7/h3-4,14H,1-2H2. The van der Waals surface area contributed by atoms with Crippen molar-refractivity contribution in [2.45, 2.75) is 4.90 Å². The van der Waals surface area contributed by atoms with Crippen molar-refractivity contribution in [3.8, 4) is 11.5 Å². The van der Waals surface area contributed by atoms with Crippen LogP contribution < -0.4 is 9.47 Å². The fourth-order valence-corrected chi connectivity index (χ4v) is 1.50. The highest BCUT2D eigenvalue weighted by molar-refractivity contribution is 7.80. The third kappa shape index (κ3) is 1.48. The van der Waals surface area contributed by atoms with Gasteiger partial charge in [0.05, 0.1) is 4.92 Å². The number of benzene rings is 1. The number of hydrogen-bond donors (Lipinski definition) is 1. The van der Waals surface area contributed by atoms with Crippen LogP contribution in [-0.4, -0.2) is 18.1 Å². The SMILES string of the molecule is O=[N+]([O-])c1cc(S)cc2c1OCCO2. The van der Waals surface area contributed by atoms with Gasteiger partial charge in [-0.3, -0.25) is 10.1 Å². The van der Waals surface area contributed by atoms with Gasteiger partial charge in [-0.15, -0.1) is 12.6 Å². The molecule has 0 N–H and O–H groups in total. The smallest absolute Gasteiger partial charge is 0.315 e. The van der Waals surface area contributed by atoms with Crippen molar-refractivity contribution in [2.75, 3.05) is 13.2 Å². The van der Waals surface area contributed by atoms with E-state index in [1.54, 1.807) is 6.07 Å². The number of nitrogens with zero attached hydrogens (tertiary/aromatic N) is 1. The van der Waals surface area contributed by atoms with Gasteiger partial charge in [0.15, 0.2) is 5.75 Å². The Morgan fingerprint density at radius 2 is 2.07 bits per heavy atom. The lowest BCUT2D eigenvalue weighted by atomic mass is 10.2. The van der Waals surface area contributed by atoms with E-state index in [1.807, 2.05) is 0 Å². The van der Waals surface area contributed by atoms with Crippen molar-refractivity contribution in [3.05, 3.63) is 22.2 Å². The van der Waals surface area contributed by atoms with Crippen molar-refractivity contribution >= 4 is 18.3 Å². The molecule has 0 atom stereocenters. The summed E-state index contributed by atoms with van der Waals surface area (Å²) in [4.78, 5) is 10.6. The average molecular weight is 213 g/mol. The Hall–Kier alpha value is -1.43. The van der Waals surface area contributed by atoms with Crippen LogP contribution in [0.15, 0.2) is 17.0 Å². The van der Waals surface area contributed by atoms with E-state index in [4.69, 9.17) is 9.47 Å². The van der Waals surface area contributed by atoms with Gasteiger partial charge in [0.25, 0.3) is 0 Å². The number of hydrogen-bond acceptors (Lipinski definition) is 5. The third-order valence-electron chi connectivity index (χ3n) is 1.80. The minimum absolute atomic E-state index is 0.104. The fraction of sp³-hybridized carbons (Fsp3) is 0.250. The second-order valence-corrected chi connectivity index (χ2v) is 3.26. The zero-order valence-electron chi connectivity index (χ0n) is 7.10. The molecule has 0 fully saturated rings. The molecule has 1 aliphatic rings. The normalized spacial score (nSPS) is 13.8. The highest BCUT2D eigenvalue weighted by Gasteiger charge is 2.24. The molecule has 0 saturated heterocycles. The summed E-state index contributed by atoms with van der Waals surface area (Å²) in [6, 6.07) is 2.95. The van der Waals surface area contributed by atoms with E-state index in [9.17, 15) is 10.1 Å². The number of ether oxygens (including phenoxy) is 2. The number of fused-ring (bicyclic) bond motifs is 1. The van der Waals surface area contributed by atoms with Crippen LogP contribution in [0.5, 0.6) is 11.5 Å². The van der Waals surface area contributed by atoms with Crippen LogP contribution in [0.4, 0.5) is 5.69 Å². The molecule has 1 heterocycles. The summed E-state index contributed by atoms with van der Waals surface area (Å²) < 4.78 is 10.4. The second-order valence-electron chi connectivity index (χ2n) is 2.75. The Morgan fingerprint density at radius 1 is 1.36 bits per heavy atom. The summed E-state index contributed by atoms with van der Waals surface area (Å²) in [5, 5.41) is 10.7. The van der Waals surface area contributed by atoms with Crippen molar-refractivity contribution in [3.63, 3.8) is 0 Å². The van der Waals surface area contributed by atoms with Gasteiger partial charge in [-0.1, -0.05) is 0 Å². The minimum Gasteiger partial charge on any atom is -0.486 e. The maximum atomic E-state index is 10.7. The topological polar surface area (TPSA) is 61.6 Å². The van der Waals surface area contributed by atoms with Crippen molar-refractivity contribution in [1.82, 2.24) is 0 Å². The van der Waals surface area contributed by atoms with Gasteiger partial charge in [0.2, 0.25) is 5.75 Å². The quantitative estimate of drug-likeness (QED) is 0.437. The Kier molecular flexibility index (Phi) is 2.20. The van der Waals surface area contributed by atoms with E-state index in [0.717, 1.165) is 0 Å². The molecular formula is C8H7NO4S. The molecule has 1 aromatic carbocycles. The molecule has 5 nitrogen and oxygen atoms in total. The first-order valence-corrected chi connectivity index (χ1v) is 4.40. The van der Waals surface area contributed by atoms with Crippen molar-refractivity contribution in [2.24, 2.45) is 0 Å². The van der Waals surface area contributed by atoms with Crippen LogP contribution in [-0.2, 0) is 0 Å². The molecule has 14 heavy (non-hydrogen) atoms. The first-order chi connectivity index (χ1) is 6.68. The van der Waals surface area contributed by atoms with Gasteiger partial charge < -0.3 is 9.47 Å². The Labute approximate surface area is 85.2 Å². The van der Waals surface area contributed by atoms with E-state index in [0.29, 0.717) is 23.9 Å². The van der Waals surface area contributed by atoms with E-state index < -0.39 is 4.92 Å². The van der Waals surface area contributed by atoms with Crippen LogP contribution in [0.3, 0.4) is 0 Å². The van der Waals surface area contributed by atoms with Gasteiger partial charge in [0, 0.05) is 11.0 Å². The lowest BCUT2D eigenvalue weighted by molar-refractivity contribution is -0.386. The number of thiol groups is 1. The van der Waals surface area contributed by atoms with Gasteiger partial charge in [-0.25, -0.2) is 0 Å². The second kappa shape index (κ2) is 3.38. The van der Waals surface area contributed by atoms with E-state index >= 15 is 0 Å². The molecule has 0 spiro atoms. The van der Waals surface area contributed by atoms with Crippen LogP contribution >= 0.6 is 12.6 Å². The molecule has 0 radical (unpaired) electrons. The van der Waals surface area contributed by atoms with Gasteiger partial charge in [0.1, 0.15) is 13.2 Å². The lowest BCUT2D eigenvalue weighted by Crippen LogP contribution is -2.16. The van der Waals surface area contributed by atoms with Crippen LogP contribution in [0.1, 0.15) is 0 Å². The van der Waals surface area contributed by atoms with Crippen LogP contribution in [0.25, 0.3) is 0 Å². The van der Waals surface area contributed by atoms with Crippen molar-refractivity contribution in [1.29, 1.82) is 0 Å². The molecule has 6 heteroatoms. The molecule has 1 aliphatic heterocycles. The van der Waals surface area contributed by atoms with Gasteiger partial charge >= 0.3 is 5.69 Å². The molecule has 0 unspecified atom stereocenters. The predicted molar refractivity (Wildman–Crippen MR) is 51.3 cm³/mol. The largest absolute Gasteiger partial charge is 0.486 e. The molecule has 0 bridgehead atoms. The number of rotatable bonds is 1. The minimum atomic E-state index is -0.507. The summed E-state index contributed by atoms with van der Waals surface area (Å²) in [7, 11) is 0. The summed E-state index contributed by atoms with van der Waals surface area (Å²) >= 11 is 4.04. The summed E-state index contributed by atoms with van der Waals surface area (Å²) in [6.45, 7) is 0.737. The number of nitro groups is 1. The molecule has 1 aromatic rings. The zero-order chi connectivity index (χ0) is 10.1. The molecule has 0 amide bonds. The van der Waals surface area contributed by atoms with Crippen LogP contribution in [0, 0.1) is 10.1 Å². The Morgan fingerprint density at radius 3 is 2.79 bits per heavy atom. The predicted octanol–water partition coefficient (Wildman–Crippen LogP) is 1.65. The molecule has 0 aromatic heterocycles. The maximum Gasteiger partial charge on any atom is 0.315 e. The highest BCUT2D eigenvalue weighted by Crippen LogP contribution is 2.40. The van der Waals surface area contributed by atoms with Crippen LogP contribution in [0.2, 0.25) is 0 Å². The molecular weight excluding hydrogens is 206 g/mol. The number of nitro benzene ring substituents is 1. The molecule has 0 aliphatic carbocycles.